The Balaban J connectivity index is 1.80. The van der Waals surface area contributed by atoms with Gasteiger partial charge in [-0.15, -0.1) is 11.8 Å². The standard InChI is InChI=1S/C15H20N4O5S/c1-7-11(10(8(2)20)14(21)22)17-12(15(23)24)13(7)25-9-3-18-5-16-6-19(18)4-9/h5-11,17,20H,3-4H2,1-2H3,(H-,21,22,23,24)/p+1/t7-,8-,10?,11?/m1/s1. The van der Waals surface area contributed by atoms with E-state index in [1.807, 2.05) is 9.36 Å². The Bertz CT molecular complexity index is 711. The third-order valence-electron chi connectivity index (χ3n) is 4.72. The zero-order valence-electron chi connectivity index (χ0n) is 13.9. The van der Waals surface area contributed by atoms with Crippen molar-refractivity contribution in [3.05, 3.63) is 23.3 Å². The maximum atomic E-state index is 11.6. The number of aliphatic carboxylic acids is 2. The number of aromatic nitrogens is 3. The molecular weight excluding hydrogens is 348 g/mol. The Morgan fingerprint density at radius 3 is 2.76 bits per heavy atom. The van der Waals surface area contributed by atoms with Gasteiger partial charge >= 0.3 is 18.3 Å². The molecule has 0 bridgehead atoms. The van der Waals surface area contributed by atoms with Gasteiger partial charge in [-0.1, -0.05) is 6.92 Å². The van der Waals surface area contributed by atoms with Gasteiger partial charge < -0.3 is 20.6 Å². The predicted octanol–water partition coefficient (Wildman–Crippen LogP) is -0.728. The van der Waals surface area contributed by atoms with Crippen molar-refractivity contribution in [2.24, 2.45) is 11.8 Å². The van der Waals surface area contributed by atoms with Gasteiger partial charge in [0.05, 0.1) is 17.9 Å². The monoisotopic (exact) mass is 369 g/mol. The summed E-state index contributed by atoms with van der Waals surface area (Å²) < 4.78 is 3.91. The van der Waals surface area contributed by atoms with Crippen molar-refractivity contribution in [3.8, 4) is 0 Å². The fourth-order valence-electron chi connectivity index (χ4n) is 3.50. The van der Waals surface area contributed by atoms with E-state index >= 15 is 0 Å². The van der Waals surface area contributed by atoms with Crippen LogP contribution in [0.3, 0.4) is 0 Å². The van der Waals surface area contributed by atoms with Crippen LogP contribution in [0.25, 0.3) is 0 Å². The first-order valence-electron chi connectivity index (χ1n) is 8.01. The lowest BCUT2D eigenvalue weighted by molar-refractivity contribution is -0.758. The van der Waals surface area contributed by atoms with Gasteiger partial charge in [0.25, 0.3) is 0 Å². The molecular formula is C15H21N4O5S+. The number of hydrogen-bond donors (Lipinski definition) is 4. The number of nitrogens with one attached hydrogen (secondary N) is 1. The van der Waals surface area contributed by atoms with Crippen LogP contribution in [0.2, 0.25) is 0 Å². The van der Waals surface area contributed by atoms with Gasteiger partial charge in [-0.2, -0.15) is 9.36 Å². The van der Waals surface area contributed by atoms with E-state index in [-0.39, 0.29) is 16.9 Å². The van der Waals surface area contributed by atoms with Crippen molar-refractivity contribution in [3.63, 3.8) is 0 Å². The lowest BCUT2D eigenvalue weighted by Crippen LogP contribution is -2.45. The van der Waals surface area contributed by atoms with E-state index < -0.39 is 30.0 Å². The lowest BCUT2D eigenvalue weighted by Gasteiger charge is -2.27. The van der Waals surface area contributed by atoms with Crippen LogP contribution in [0.4, 0.5) is 0 Å². The summed E-state index contributed by atoms with van der Waals surface area (Å²) in [5.74, 6) is -3.67. The number of aliphatic hydroxyl groups is 1. The Kier molecular flexibility index (Phi) is 4.74. The Hall–Kier alpha value is -2.07. The highest BCUT2D eigenvalue weighted by molar-refractivity contribution is 8.03. The van der Waals surface area contributed by atoms with E-state index in [1.165, 1.54) is 18.7 Å². The number of fused-ring (bicyclic) bond motifs is 1. The number of carbonyl (C=O) groups is 2. The molecule has 4 atom stereocenters. The normalized spacial score (nSPS) is 27.7. The smallest absolute Gasteiger partial charge is 0.352 e. The van der Waals surface area contributed by atoms with Gasteiger partial charge in [0.15, 0.2) is 0 Å². The summed E-state index contributed by atoms with van der Waals surface area (Å²) >= 11 is 1.46. The van der Waals surface area contributed by atoms with E-state index in [0.29, 0.717) is 18.0 Å². The molecule has 4 N–H and O–H groups in total. The second-order valence-electron chi connectivity index (χ2n) is 6.47. The first-order valence-corrected chi connectivity index (χ1v) is 8.89. The quantitative estimate of drug-likeness (QED) is 0.483. The summed E-state index contributed by atoms with van der Waals surface area (Å²) in [6.45, 7) is 4.62. The number of nitrogens with zero attached hydrogens (tertiary/aromatic N) is 3. The van der Waals surface area contributed by atoms with Gasteiger partial charge in [-0.3, -0.25) is 4.79 Å². The van der Waals surface area contributed by atoms with E-state index in [9.17, 15) is 24.9 Å². The molecule has 3 heterocycles. The number of thioether (sulfide) groups is 1. The van der Waals surface area contributed by atoms with Crippen LogP contribution >= 0.6 is 11.8 Å². The van der Waals surface area contributed by atoms with E-state index in [4.69, 9.17) is 0 Å². The topological polar surface area (TPSA) is 129 Å². The van der Waals surface area contributed by atoms with Crippen LogP contribution in [0, 0.1) is 11.8 Å². The third-order valence-corrected chi connectivity index (χ3v) is 6.18. The molecule has 9 nitrogen and oxygen atoms in total. The Morgan fingerprint density at radius 2 is 2.20 bits per heavy atom. The molecule has 25 heavy (non-hydrogen) atoms. The van der Waals surface area contributed by atoms with Gasteiger partial charge in [0.2, 0.25) is 6.33 Å². The van der Waals surface area contributed by atoms with E-state index in [2.05, 4.69) is 10.3 Å². The fraction of sp³-hybridized carbons (Fsp3) is 0.600. The molecule has 2 unspecified atom stereocenters. The molecule has 3 rings (SSSR count). The second kappa shape index (κ2) is 6.68. The molecule has 136 valence electrons. The van der Waals surface area contributed by atoms with Gasteiger partial charge in [0.1, 0.15) is 18.2 Å². The number of aliphatic hydroxyl groups excluding tert-OH is 1. The van der Waals surface area contributed by atoms with Gasteiger partial charge in [-0.25, -0.2) is 4.79 Å². The number of carboxylic acid groups (broad SMARTS) is 2. The minimum atomic E-state index is -1.14. The number of rotatable bonds is 6. The van der Waals surface area contributed by atoms with Crippen LogP contribution < -0.4 is 10.00 Å². The molecule has 0 saturated carbocycles. The highest BCUT2D eigenvalue weighted by atomic mass is 32.2. The maximum Gasteiger partial charge on any atom is 0.352 e. The molecule has 0 aromatic carbocycles. The molecule has 2 aliphatic heterocycles. The SMILES string of the molecule is C[C@@H](O)C(C(=O)O)C1NC(C(=O)O)=C(SC2Cn3cnc[n+]3C2)[C@@H]1C. The summed E-state index contributed by atoms with van der Waals surface area (Å²) in [5.41, 5.74) is 0.0362. The molecule has 0 aliphatic carbocycles. The fourth-order valence-corrected chi connectivity index (χ4v) is 4.94. The van der Waals surface area contributed by atoms with Crippen molar-refractivity contribution in [1.29, 1.82) is 0 Å². The van der Waals surface area contributed by atoms with Crippen LogP contribution in [-0.4, -0.2) is 54.3 Å². The molecule has 0 amide bonds. The minimum absolute atomic E-state index is 0.0362. The lowest BCUT2D eigenvalue weighted by atomic mass is 9.87. The Morgan fingerprint density at radius 1 is 1.48 bits per heavy atom. The molecule has 2 aliphatic rings. The summed E-state index contributed by atoms with van der Waals surface area (Å²) in [7, 11) is 0. The summed E-state index contributed by atoms with van der Waals surface area (Å²) in [4.78, 5) is 27.9. The van der Waals surface area contributed by atoms with Gasteiger partial charge in [-0.05, 0) is 11.9 Å². The average molecular weight is 369 g/mol. The second-order valence-corrected chi connectivity index (χ2v) is 7.81. The number of carboxylic acids is 2. The molecule has 1 aromatic rings. The Labute approximate surface area is 148 Å². The largest absolute Gasteiger partial charge is 0.481 e. The van der Waals surface area contributed by atoms with E-state index in [1.54, 1.807) is 19.6 Å². The third kappa shape index (κ3) is 3.23. The van der Waals surface area contributed by atoms with Crippen molar-refractivity contribution in [1.82, 2.24) is 15.0 Å². The van der Waals surface area contributed by atoms with Crippen LogP contribution in [0.15, 0.2) is 23.3 Å². The molecule has 0 radical (unpaired) electrons. The number of hydrogen-bond acceptors (Lipinski definition) is 6. The van der Waals surface area contributed by atoms with Crippen molar-refractivity contribution in [2.75, 3.05) is 0 Å². The predicted molar refractivity (Wildman–Crippen MR) is 87.4 cm³/mol. The van der Waals surface area contributed by atoms with E-state index in [0.717, 1.165) is 0 Å². The van der Waals surface area contributed by atoms with Crippen LogP contribution in [0.5, 0.6) is 0 Å². The van der Waals surface area contributed by atoms with Crippen molar-refractivity contribution >= 4 is 23.7 Å². The first-order chi connectivity index (χ1) is 11.8. The molecule has 10 heteroatoms. The summed E-state index contributed by atoms with van der Waals surface area (Å²) in [6, 6.07) is -0.666. The maximum absolute atomic E-state index is 11.6. The molecule has 1 aromatic heterocycles. The zero-order valence-corrected chi connectivity index (χ0v) is 14.7. The van der Waals surface area contributed by atoms with Crippen LogP contribution in [0.1, 0.15) is 13.8 Å². The molecule has 0 saturated heterocycles. The molecule has 0 fully saturated rings. The van der Waals surface area contributed by atoms with Crippen LogP contribution in [-0.2, 0) is 22.7 Å². The first kappa shape index (κ1) is 17.7. The summed E-state index contributed by atoms with van der Waals surface area (Å²) in [5, 5.41) is 31.8. The highest BCUT2D eigenvalue weighted by Gasteiger charge is 2.45. The van der Waals surface area contributed by atoms with Crippen molar-refractivity contribution in [2.45, 2.75) is 44.3 Å². The van der Waals surface area contributed by atoms with Crippen molar-refractivity contribution < 1.29 is 29.6 Å². The summed E-state index contributed by atoms with van der Waals surface area (Å²) in [6.07, 6.45) is 2.35. The molecule has 0 spiro atoms. The average Bonchev–Trinajstić information content (AvgIpc) is 3.15. The van der Waals surface area contributed by atoms with Gasteiger partial charge in [0, 0.05) is 16.9 Å². The zero-order chi connectivity index (χ0) is 18.3. The highest BCUT2D eigenvalue weighted by Crippen LogP contribution is 2.41. The minimum Gasteiger partial charge on any atom is -0.481 e.